The summed E-state index contributed by atoms with van der Waals surface area (Å²) in [6.45, 7) is 0. The maximum atomic E-state index is 10.5. The smallest absolute Gasteiger partial charge is 0.212 e. The van der Waals surface area contributed by atoms with Gasteiger partial charge in [0.15, 0.2) is 0 Å². The van der Waals surface area contributed by atoms with E-state index in [0.717, 1.165) is 16.8 Å². The van der Waals surface area contributed by atoms with Crippen LogP contribution in [0.15, 0.2) is 48.0 Å². The highest BCUT2D eigenvalue weighted by Crippen LogP contribution is 2.30. The molecule has 1 aromatic carbocycles. The van der Waals surface area contributed by atoms with Crippen LogP contribution in [0.2, 0.25) is 0 Å². The number of hydrogen-bond donors (Lipinski definition) is 1. The fourth-order valence-corrected chi connectivity index (χ4v) is 2.99. The van der Waals surface area contributed by atoms with Gasteiger partial charge in [0, 0.05) is 23.2 Å². The van der Waals surface area contributed by atoms with E-state index in [-0.39, 0.29) is 0 Å². The van der Waals surface area contributed by atoms with Crippen molar-refractivity contribution in [3.05, 3.63) is 58.5 Å². The third-order valence-electron chi connectivity index (χ3n) is 3.41. The summed E-state index contributed by atoms with van der Waals surface area (Å²) in [5, 5.41) is 13.0. The van der Waals surface area contributed by atoms with Crippen molar-refractivity contribution in [1.82, 2.24) is 9.97 Å². The second-order valence-corrected chi connectivity index (χ2v) is 5.73. The van der Waals surface area contributed by atoms with Crippen LogP contribution in [0, 0.1) is 0 Å². The van der Waals surface area contributed by atoms with Crippen molar-refractivity contribution in [2.24, 2.45) is 0 Å². The zero-order chi connectivity index (χ0) is 16.2. The zero-order valence-electron chi connectivity index (χ0n) is 12.8. The van der Waals surface area contributed by atoms with Crippen molar-refractivity contribution >= 4 is 11.3 Å². The number of aliphatic hydroxyl groups excluding tert-OH is 1. The minimum atomic E-state index is -0.782. The van der Waals surface area contributed by atoms with Crippen molar-refractivity contribution in [2.45, 2.75) is 6.10 Å². The molecule has 0 aliphatic rings. The molecule has 6 heteroatoms. The molecule has 0 spiro atoms. The first kappa shape index (κ1) is 15.5. The average Bonchev–Trinajstić information content (AvgIpc) is 3.11. The van der Waals surface area contributed by atoms with E-state index in [1.165, 1.54) is 11.3 Å². The molecule has 0 saturated carbocycles. The number of aromatic nitrogens is 2. The number of pyridine rings is 1. The highest BCUT2D eigenvalue weighted by molar-refractivity contribution is 7.10. The first-order valence-corrected chi connectivity index (χ1v) is 7.87. The first-order valence-electron chi connectivity index (χ1n) is 6.99. The summed E-state index contributed by atoms with van der Waals surface area (Å²) in [6.07, 6.45) is 0.922. The summed E-state index contributed by atoms with van der Waals surface area (Å²) in [7, 11) is 3.18. The summed E-state index contributed by atoms with van der Waals surface area (Å²) in [5.74, 6) is 1.26. The molecule has 0 aliphatic heterocycles. The van der Waals surface area contributed by atoms with Crippen molar-refractivity contribution in [3.8, 4) is 22.9 Å². The standard InChI is InChI=1S/C17H16N2O3S/c1-21-13-5-3-4-11(8-13)16(20)17-19-14(10-23-17)12-6-7-15(22-2)18-9-12/h3-10,16,20H,1-2H3. The quantitative estimate of drug-likeness (QED) is 0.778. The molecular formula is C17H16N2O3S. The van der Waals surface area contributed by atoms with Gasteiger partial charge in [-0.15, -0.1) is 11.3 Å². The molecular weight excluding hydrogens is 312 g/mol. The largest absolute Gasteiger partial charge is 0.497 e. The van der Waals surface area contributed by atoms with Crippen molar-refractivity contribution in [2.75, 3.05) is 14.2 Å². The van der Waals surface area contributed by atoms with E-state index in [1.54, 1.807) is 32.5 Å². The number of thiazole rings is 1. The highest BCUT2D eigenvalue weighted by atomic mass is 32.1. The van der Waals surface area contributed by atoms with E-state index in [9.17, 15) is 5.11 Å². The number of rotatable bonds is 5. The molecule has 2 heterocycles. The SMILES string of the molecule is COc1cccc(C(O)c2nc(-c3ccc(OC)nc3)cs2)c1. The summed E-state index contributed by atoms with van der Waals surface area (Å²) in [6, 6.07) is 11.0. The Bertz CT molecular complexity index is 787. The first-order chi connectivity index (χ1) is 11.2. The predicted octanol–water partition coefficient (Wildman–Crippen LogP) is 3.30. The predicted molar refractivity (Wildman–Crippen MR) is 89.0 cm³/mol. The Morgan fingerprint density at radius 1 is 1.13 bits per heavy atom. The van der Waals surface area contributed by atoms with Gasteiger partial charge in [-0.1, -0.05) is 12.1 Å². The van der Waals surface area contributed by atoms with Gasteiger partial charge < -0.3 is 14.6 Å². The summed E-state index contributed by atoms with van der Waals surface area (Å²) in [4.78, 5) is 8.69. The van der Waals surface area contributed by atoms with E-state index < -0.39 is 6.10 Å². The normalized spacial score (nSPS) is 12.0. The van der Waals surface area contributed by atoms with Gasteiger partial charge in [0.25, 0.3) is 0 Å². The Hall–Kier alpha value is -2.44. The number of ether oxygens (including phenoxy) is 2. The average molecular weight is 328 g/mol. The van der Waals surface area contributed by atoms with Crippen molar-refractivity contribution < 1.29 is 14.6 Å². The molecule has 23 heavy (non-hydrogen) atoms. The molecule has 1 N–H and O–H groups in total. The van der Waals surface area contributed by atoms with E-state index in [0.29, 0.717) is 16.6 Å². The minimum Gasteiger partial charge on any atom is -0.497 e. The van der Waals surface area contributed by atoms with Crippen LogP contribution >= 0.6 is 11.3 Å². The minimum absolute atomic E-state index is 0.556. The topological polar surface area (TPSA) is 64.5 Å². The van der Waals surface area contributed by atoms with Crippen LogP contribution < -0.4 is 9.47 Å². The Labute approximate surface area is 138 Å². The second-order valence-electron chi connectivity index (χ2n) is 4.84. The lowest BCUT2D eigenvalue weighted by Crippen LogP contribution is -1.99. The molecule has 5 nitrogen and oxygen atoms in total. The van der Waals surface area contributed by atoms with E-state index >= 15 is 0 Å². The number of methoxy groups -OCH3 is 2. The van der Waals surface area contributed by atoms with Gasteiger partial charge in [-0.2, -0.15) is 0 Å². The lowest BCUT2D eigenvalue weighted by molar-refractivity contribution is 0.219. The molecule has 1 unspecified atom stereocenters. The molecule has 0 radical (unpaired) electrons. The fraction of sp³-hybridized carbons (Fsp3) is 0.176. The van der Waals surface area contributed by atoms with Gasteiger partial charge in [0.2, 0.25) is 5.88 Å². The van der Waals surface area contributed by atoms with E-state index in [4.69, 9.17) is 9.47 Å². The van der Waals surface area contributed by atoms with Gasteiger partial charge in [-0.25, -0.2) is 9.97 Å². The molecule has 2 aromatic heterocycles. The Kier molecular flexibility index (Phi) is 4.55. The lowest BCUT2D eigenvalue weighted by Gasteiger charge is -2.09. The molecule has 1 atom stereocenters. The molecule has 0 fully saturated rings. The van der Waals surface area contributed by atoms with Gasteiger partial charge >= 0.3 is 0 Å². The van der Waals surface area contributed by atoms with Gasteiger partial charge in [0.1, 0.15) is 16.9 Å². The van der Waals surface area contributed by atoms with Crippen LogP contribution in [-0.4, -0.2) is 29.3 Å². The number of aliphatic hydroxyl groups is 1. The number of hydrogen-bond acceptors (Lipinski definition) is 6. The number of benzene rings is 1. The summed E-state index contributed by atoms with van der Waals surface area (Å²) < 4.78 is 10.2. The van der Waals surface area contributed by atoms with Crippen LogP contribution in [0.5, 0.6) is 11.6 Å². The van der Waals surface area contributed by atoms with Crippen LogP contribution in [0.3, 0.4) is 0 Å². The Balaban J connectivity index is 1.85. The molecule has 0 bridgehead atoms. The molecule has 0 amide bonds. The third-order valence-corrected chi connectivity index (χ3v) is 4.30. The maximum Gasteiger partial charge on any atom is 0.212 e. The van der Waals surface area contributed by atoms with Gasteiger partial charge in [-0.05, 0) is 23.8 Å². The van der Waals surface area contributed by atoms with Crippen LogP contribution in [0.25, 0.3) is 11.3 Å². The third kappa shape index (κ3) is 3.33. The van der Waals surface area contributed by atoms with E-state index in [2.05, 4.69) is 9.97 Å². The monoisotopic (exact) mass is 328 g/mol. The van der Waals surface area contributed by atoms with Crippen LogP contribution in [0.4, 0.5) is 0 Å². The van der Waals surface area contributed by atoms with E-state index in [1.807, 2.05) is 29.6 Å². The Morgan fingerprint density at radius 3 is 2.70 bits per heavy atom. The van der Waals surface area contributed by atoms with Crippen LogP contribution in [-0.2, 0) is 0 Å². The zero-order valence-corrected chi connectivity index (χ0v) is 13.6. The molecule has 3 aromatic rings. The van der Waals surface area contributed by atoms with Gasteiger partial charge in [-0.3, -0.25) is 0 Å². The molecule has 3 rings (SSSR count). The Morgan fingerprint density at radius 2 is 2.00 bits per heavy atom. The number of nitrogens with zero attached hydrogens (tertiary/aromatic N) is 2. The molecule has 118 valence electrons. The summed E-state index contributed by atoms with van der Waals surface area (Å²) >= 11 is 1.41. The lowest BCUT2D eigenvalue weighted by atomic mass is 10.1. The van der Waals surface area contributed by atoms with Crippen molar-refractivity contribution in [3.63, 3.8) is 0 Å². The molecule has 0 aliphatic carbocycles. The second kappa shape index (κ2) is 6.76. The maximum absolute atomic E-state index is 10.5. The fourth-order valence-electron chi connectivity index (χ4n) is 2.15. The molecule has 0 saturated heterocycles. The van der Waals surface area contributed by atoms with Crippen LogP contribution in [0.1, 0.15) is 16.7 Å². The van der Waals surface area contributed by atoms with Crippen molar-refractivity contribution in [1.29, 1.82) is 0 Å². The summed E-state index contributed by atoms with van der Waals surface area (Å²) in [5.41, 5.74) is 2.41. The highest BCUT2D eigenvalue weighted by Gasteiger charge is 2.16. The van der Waals surface area contributed by atoms with Gasteiger partial charge in [0.05, 0.1) is 19.9 Å².